The predicted octanol–water partition coefficient (Wildman–Crippen LogP) is 3.05. The smallest absolute Gasteiger partial charge is 0.150 e. The van der Waals surface area contributed by atoms with Gasteiger partial charge in [-0.3, -0.25) is 4.79 Å². The average Bonchev–Trinajstić information content (AvgIpc) is 2.89. The zero-order chi connectivity index (χ0) is 13.1. The molecule has 0 spiro atoms. The van der Waals surface area contributed by atoms with Crippen LogP contribution in [0.2, 0.25) is 0 Å². The van der Waals surface area contributed by atoms with Crippen molar-refractivity contribution in [3.63, 3.8) is 0 Å². The van der Waals surface area contributed by atoms with Crippen LogP contribution in [0.4, 0.5) is 0 Å². The first-order valence-corrected chi connectivity index (χ1v) is 6.26. The summed E-state index contributed by atoms with van der Waals surface area (Å²) >= 11 is 0. The fourth-order valence-corrected chi connectivity index (χ4v) is 2.24. The van der Waals surface area contributed by atoms with Gasteiger partial charge in [0.25, 0.3) is 0 Å². The lowest BCUT2D eigenvalue weighted by molar-refractivity contribution is 0.112. The highest BCUT2D eigenvalue weighted by Gasteiger charge is 2.24. The highest BCUT2D eigenvalue weighted by Crippen LogP contribution is 2.33. The van der Waals surface area contributed by atoms with E-state index in [4.69, 9.17) is 9.47 Å². The minimum atomic E-state index is 0.246. The Morgan fingerprint density at radius 1 is 1.21 bits per heavy atom. The van der Waals surface area contributed by atoms with Crippen LogP contribution in [0.3, 0.4) is 0 Å². The maximum Gasteiger partial charge on any atom is 0.150 e. The van der Waals surface area contributed by atoms with Gasteiger partial charge < -0.3 is 9.47 Å². The first kappa shape index (κ1) is 11.8. The zero-order valence-electron chi connectivity index (χ0n) is 10.4. The van der Waals surface area contributed by atoms with Crippen LogP contribution < -0.4 is 9.47 Å². The second kappa shape index (κ2) is 5.14. The predicted molar refractivity (Wildman–Crippen MR) is 72.0 cm³/mol. The SMILES string of the molecule is O=Cc1cccc(OCC2COc3ccccc32)c1. The van der Waals surface area contributed by atoms with Crippen molar-refractivity contribution in [2.45, 2.75) is 5.92 Å². The van der Waals surface area contributed by atoms with Gasteiger partial charge in [-0.1, -0.05) is 30.3 Å². The average molecular weight is 254 g/mol. The monoisotopic (exact) mass is 254 g/mol. The molecule has 1 unspecified atom stereocenters. The van der Waals surface area contributed by atoms with Crippen LogP contribution in [0.5, 0.6) is 11.5 Å². The van der Waals surface area contributed by atoms with Crippen LogP contribution in [0, 0.1) is 0 Å². The third-order valence-corrected chi connectivity index (χ3v) is 3.24. The molecule has 3 nitrogen and oxygen atoms in total. The van der Waals surface area contributed by atoms with Crippen LogP contribution in [-0.2, 0) is 0 Å². The van der Waals surface area contributed by atoms with Crippen molar-refractivity contribution in [2.75, 3.05) is 13.2 Å². The second-order valence-corrected chi connectivity index (χ2v) is 4.55. The standard InChI is InChI=1S/C16H14O3/c17-9-12-4-3-5-14(8-12)18-10-13-11-19-16-7-2-1-6-15(13)16/h1-9,13H,10-11H2. The van der Waals surface area contributed by atoms with Gasteiger partial charge in [0.05, 0.1) is 19.1 Å². The molecule has 19 heavy (non-hydrogen) atoms. The molecule has 0 N–H and O–H groups in total. The Labute approximate surface area is 111 Å². The van der Waals surface area contributed by atoms with Gasteiger partial charge in [0.15, 0.2) is 0 Å². The number of benzene rings is 2. The number of para-hydroxylation sites is 1. The topological polar surface area (TPSA) is 35.5 Å². The summed E-state index contributed by atoms with van der Waals surface area (Å²) in [6, 6.07) is 15.2. The van der Waals surface area contributed by atoms with Crippen molar-refractivity contribution < 1.29 is 14.3 Å². The number of carbonyl (C=O) groups excluding carboxylic acids is 1. The molecule has 1 atom stereocenters. The maximum absolute atomic E-state index is 10.7. The van der Waals surface area contributed by atoms with Crippen LogP contribution in [0.25, 0.3) is 0 Å². The molecule has 2 aromatic rings. The van der Waals surface area contributed by atoms with Crippen molar-refractivity contribution in [1.29, 1.82) is 0 Å². The summed E-state index contributed by atoms with van der Waals surface area (Å²) < 4.78 is 11.4. The molecule has 1 heterocycles. The van der Waals surface area contributed by atoms with E-state index in [1.54, 1.807) is 12.1 Å². The van der Waals surface area contributed by atoms with Crippen LogP contribution in [0.15, 0.2) is 48.5 Å². The zero-order valence-corrected chi connectivity index (χ0v) is 10.4. The van der Waals surface area contributed by atoms with Crippen molar-refractivity contribution in [2.24, 2.45) is 0 Å². The van der Waals surface area contributed by atoms with Crippen molar-refractivity contribution in [3.8, 4) is 11.5 Å². The Bertz CT molecular complexity index is 592. The summed E-state index contributed by atoms with van der Waals surface area (Å²) in [7, 11) is 0. The molecular weight excluding hydrogens is 240 g/mol. The van der Waals surface area contributed by atoms with E-state index in [9.17, 15) is 4.79 Å². The summed E-state index contributed by atoms with van der Waals surface area (Å²) in [6.07, 6.45) is 0.820. The molecule has 0 amide bonds. The second-order valence-electron chi connectivity index (χ2n) is 4.55. The molecule has 1 aliphatic heterocycles. The third-order valence-electron chi connectivity index (χ3n) is 3.24. The molecule has 3 rings (SSSR count). The van der Waals surface area contributed by atoms with E-state index in [0.717, 1.165) is 12.0 Å². The summed E-state index contributed by atoms with van der Waals surface area (Å²) in [5.41, 5.74) is 1.81. The molecular formula is C16H14O3. The normalized spacial score (nSPS) is 16.5. The molecule has 1 aliphatic rings. The maximum atomic E-state index is 10.7. The van der Waals surface area contributed by atoms with Crippen LogP contribution in [-0.4, -0.2) is 19.5 Å². The lowest BCUT2D eigenvalue weighted by Gasteiger charge is -2.11. The van der Waals surface area contributed by atoms with Crippen molar-refractivity contribution in [3.05, 3.63) is 59.7 Å². The Balaban J connectivity index is 1.69. The molecule has 0 aromatic heterocycles. The Kier molecular flexibility index (Phi) is 3.19. The highest BCUT2D eigenvalue weighted by molar-refractivity contribution is 5.75. The quantitative estimate of drug-likeness (QED) is 0.787. The number of hydrogen-bond acceptors (Lipinski definition) is 3. The third kappa shape index (κ3) is 2.45. The minimum absolute atomic E-state index is 0.246. The van der Waals surface area contributed by atoms with Crippen molar-refractivity contribution in [1.82, 2.24) is 0 Å². The van der Waals surface area contributed by atoms with Gasteiger partial charge in [-0.25, -0.2) is 0 Å². The van der Waals surface area contributed by atoms with E-state index in [-0.39, 0.29) is 5.92 Å². The van der Waals surface area contributed by atoms with Crippen LogP contribution in [0.1, 0.15) is 21.8 Å². The molecule has 0 fully saturated rings. The Morgan fingerprint density at radius 3 is 3.00 bits per heavy atom. The molecule has 0 saturated carbocycles. The van der Waals surface area contributed by atoms with Gasteiger partial charge in [-0.2, -0.15) is 0 Å². The molecule has 2 aromatic carbocycles. The van der Waals surface area contributed by atoms with Gasteiger partial charge in [-0.15, -0.1) is 0 Å². The first-order valence-electron chi connectivity index (χ1n) is 6.26. The number of aldehydes is 1. The first-order chi connectivity index (χ1) is 9.36. The van der Waals surface area contributed by atoms with Gasteiger partial charge in [0.1, 0.15) is 17.8 Å². The van der Waals surface area contributed by atoms with E-state index in [1.807, 2.05) is 30.3 Å². The van der Waals surface area contributed by atoms with E-state index in [2.05, 4.69) is 6.07 Å². The number of fused-ring (bicyclic) bond motifs is 1. The number of carbonyl (C=O) groups is 1. The summed E-state index contributed by atoms with van der Waals surface area (Å²) in [5.74, 6) is 1.91. The molecule has 0 radical (unpaired) electrons. The van der Waals surface area contributed by atoms with E-state index in [1.165, 1.54) is 5.56 Å². The number of ether oxygens (including phenoxy) is 2. The van der Waals surface area contributed by atoms with Crippen molar-refractivity contribution >= 4 is 6.29 Å². The fraction of sp³-hybridized carbons (Fsp3) is 0.188. The number of rotatable bonds is 4. The van der Waals surface area contributed by atoms with Gasteiger partial charge in [0.2, 0.25) is 0 Å². The molecule has 0 aliphatic carbocycles. The summed E-state index contributed by atoms with van der Waals surface area (Å²) in [4.78, 5) is 10.7. The molecule has 3 heteroatoms. The lowest BCUT2D eigenvalue weighted by atomic mass is 10.0. The van der Waals surface area contributed by atoms with Gasteiger partial charge in [0, 0.05) is 11.1 Å². The number of hydrogen-bond donors (Lipinski definition) is 0. The van der Waals surface area contributed by atoms with Gasteiger partial charge >= 0.3 is 0 Å². The summed E-state index contributed by atoms with van der Waals surface area (Å²) in [6.45, 7) is 1.20. The largest absolute Gasteiger partial charge is 0.493 e. The highest BCUT2D eigenvalue weighted by atomic mass is 16.5. The molecule has 0 saturated heterocycles. The van der Waals surface area contributed by atoms with E-state index >= 15 is 0 Å². The lowest BCUT2D eigenvalue weighted by Crippen LogP contribution is -2.11. The Morgan fingerprint density at radius 2 is 2.11 bits per heavy atom. The Hall–Kier alpha value is -2.29. The van der Waals surface area contributed by atoms with E-state index in [0.29, 0.717) is 24.5 Å². The molecule has 0 bridgehead atoms. The summed E-state index contributed by atoms with van der Waals surface area (Å²) in [5, 5.41) is 0. The molecule has 96 valence electrons. The minimum Gasteiger partial charge on any atom is -0.493 e. The fourth-order valence-electron chi connectivity index (χ4n) is 2.24. The van der Waals surface area contributed by atoms with E-state index < -0.39 is 0 Å². The van der Waals surface area contributed by atoms with Crippen LogP contribution >= 0.6 is 0 Å². The van der Waals surface area contributed by atoms with Gasteiger partial charge in [-0.05, 0) is 18.2 Å².